The quantitative estimate of drug-likeness (QED) is 0.817. The Bertz CT molecular complexity index is 295. The topological polar surface area (TPSA) is 40.5 Å². The molecule has 72 valence electrons. The Balaban J connectivity index is 3.14. The molecule has 1 aromatic carbocycles. The third-order valence-corrected chi connectivity index (χ3v) is 3.17. The lowest BCUT2D eigenvalue weighted by Gasteiger charge is -2.27. The molecule has 0 aliphatic rings. The molecule has 0 fully saturated rings. The Kier molecular flexibility index (Phi) is 3.32. The van der Waals surface area contributed by atoms with Gasteiger partial charge in [0.15, 0.2) is 0 Å². The summed E-state index contributed by atoms with van der Waals surface area (Å²) in [6, 6.07) is 7.50. The number of benzene rings is 1. The molecular formula is C10H13IO2. The summed E-state index contributed by atoms with van der Waals surface area (Å²) in [7, 11) is 0. The van der Waals surface area contributed by atoms with Gasteiger partial charge in [0.2, 0.25) is 0 Å². The number of hydrogen-bond acceptors (Lipinski definition) is 2. The van der Waals surface area contributed by atoms with Gasteiger partial charge in [0.05, 0.1) is 6.10 Å². The summed E-state index contributed by atoms with van der Waals surface area (Å²) in [4.78, 5) is 0. The number of aliphatic hydroxyl groups excluding tert-OH is 1. The van der Waals surface area contributed by atoms with E-state index in [1.54, 1.807) is 13.8 Å². The fourth-order valence-corrected chi connectivity index (χ4v) is 2.03. The molecule has 0 bridgehead atoms. The molecular weight excluding hydrogens is 279 g/mol. The van der Waals surface area contributed by atoms with Crippen molar-refractivity contribution in [2.24, 2.45) is 0 Å². The predicted octanol–water partition coefficient (Wildman–Crippen LogP) is 1.88. The highest BCUT2D eigenvalue weighted by Gasteiger charge is 2.30. The van der Waals surface area contributed by atoms with Crippen LogP contribution in [-0.4, -0.2) is 16.3 Å². The van der Waals surface area contributed by atoms with Gasteiger partial charge in [-0.1, -0.05) is 18.2 Å². The number of halogens is 1. The van der Waals surface area contributed by atoms with Gasteiger partial charge in [-0.05, 0) is 48.1 Å². The van der Waals surface area contributed by atoms with Gasteiger partial charge >= 0.3 is 0 Å². The van der Waals surface area contributed by atoms with Crippen molar-refractivity contribution in [3.63, 3.8) is 0 Å². The fourth-order valence-electron chi connectivity index (χ4n) is 1.10. The monoisotopic (exact) mass is 292 g/mol. The molecule has 0 unspecified atom stereocenters. The first-order valence-electron chi connectivity index (χ1n) is 4.11. The maximum absolute atomic E-state index is 9.99. The van der Waals surface area contributed by atoms with E-state index in [2.05, 4.69) is 22.6 Å². The van der Waals surface area contributed by atoms with Gasteiger partial charge in [-0.15, -0.1) is 0 Å². The van der Waals surface area contributed by atoms with Gasteiger partial charge in [0.1, 0.15) is 5.60 Å². The lowest BCUT2D eigenvalue weighted by Crippen LogP contribution is -2.34. The number of aliphatic hydroxyl groups is 2. The van der Waals surface area contributed by atoms with Crippen LogP contribution < -0.4 is 0 Å². The average Bonchev–Trinajstić information content (AvgIpc) is 2.04. The van der Waals surface area contributed by atoms with Crippen LogP contribution in [0.25, 0.3) is 0 Å². The third kappa shape index (κ3) is 2.21. The molecule has 0 amide bonds. The van der Waals surface area contributed by atoms with Crippen molar-refractivity contribution in [2.45, 2.75) is 25.6 Å². The molecule has 0 heterocycles. The molecule has 2 atom stereocenters. The lowest BCUT2D eigenvalue weighted by atomic mass is 9.91. The van der Waals surface area contributed by atoms with E-state index in [-0.39, 0.29) is 0 Å². The molecule has 0 saturated carbocycles. The first-order valence-corrected chi connectivity index (χ1v) is 5.19. The van der Waals surface area contributed by atoms with E-state index < -0.39 is 11.7 Å². The molecule has 13 heavy (non-hydrogen) atoms. The molecule has 1 aromatic rings. The van der Waals surface area contributed by atoms with E-state index in [0.29, 0.717) is 0 Å². The maximum atomic E-state index is 9.99. The van der Waals surface area contributed by atoms with Gasteiger partial charge in [-0.2, -0.15) is 0 Å². The zero-order valence-corrected chi connectivity index (χ0v) is 9.82. The number of hydrogen-bond donors (Lipinski definition) is 2. The summed E-state index contributed by atoms with van der Waals surface area (Å²) in [5, 5.41) is 19.4. The summed E-state index contributed by atoms with van der Waals surface area (Å²) in [6.07, 6.45) is -0.775. The van der Waals surface area contributed by atoms with Gasteiger partial charge in [0.25, 0.3) is 0 Å². The lowest BCUT2D eigenvalue weighted by molar-refractivity contribution is -0.0575. The summed E-state index contributed by atoms with van der Waals surface area (Å²) >= 11 is 2.15. The third-order valence-electron chi connectivity index (χ3n) is 2.23. The molecule has 0 aliphatic carbocycles. The second-order valence-electron chi connectivity index (χ2n) is 3.30. The van der Waals surface area contributed by atoms with E-state index in [9.17, 15) is 10.2 Å². The van der Waals surface area contributed by atoms with Crippen molar-refractivity contribution in [1.82, 2.24) is 0 Å². The van der Waals surface area contributed by atoms with Crippen LogP contribution >= 0.6 is 22.6 Å². The van der Waals surface area contributed by atoms with Gasteiger partial charge < -0.3 is 10.2 Å². The van der Waals surface area contributed by atoms with Crippen molar-refractivity contribution in [3.8, 4) is 0 Å². The van der Waals surface area contributed by atoms with Crippen LogP contribution in [0, 0.1) is 3.57 Å². The van der Waals surface area contributed by atoms with Crippen molar-refractivity contribution in [1.29, 1.82) is 0 Å². The summed E-state index contributed by atoms with van der Waals surface area (Å²) in [5.41, 5.74) is -0.400. The summed E-state index contributed by atoms with van der Waals surface area (Å²) in [5.74, 6) is 0. The highest BCUT2D eigenvalue weighted by Crippen LogP contribution is 2.28. The molecule has 0 saturated heterocycles. The van der Waals surface area contributed by atoms with Crippen LogP contribution in [0.3, 0.4) is 0 Å². The Labute approximate surface area is 91.7 Å². The maximum Gasteiger partial charge on any atom is 0.113 e. The van der Waals surface area contributed by atoms with Gasteiger partial charge in [-0.3, -0.25) is 0 Å². The molecule has 0 aliphatic heterocycles. The minimum atomic E-state index is -1.17. The molecule has 2 nitrogen and oxygen atoms in total. The van der Waals surface area contributed by atoms with Crippen molar-refractivity contribution >= 4 is 22.6 Å². The Morgan fingerprint density at radius 1 is 1.38 bits per heavy atom. The fraction of sp³-hybridized carbons (Fsp3) is 0.400. The standard InChI is InChI=1S/C10H13IO2/c1-7(12)10(2,13)8-5-3-4-6-9(8)11/h3-7,12-13H,1-2H3/t7-,10-/m0/s1. The van der Waals surface area contributed by atoms with Crippen LogP contribution in [0.1, 0.15) is 19.4 Å². The summed E-state index contributed by atoms with van der Waals surface area (Å²) in [6.45, 7) is 3.21. The second kappa shape index (κ2) is 3.94. The van der Waals surface area contributed by atoms with E-state index in [0.717, 1.165) is 9.13 Å². The van der Waals surface area contributed by atoms with Crippen LogP contribution in [0.2, 0.25) is 0 Å². The average molecular weight is 292 g/mol. The van der Waals surface area contributed by atoms with Crippen molar-refractivity contribution < 1.29 is 10.2 Å². The highest BCUT2D eigenvalue weighted by molar-refractivity contribution is 14.1. The molecule has 1 rings (SSSR count). The van der Waals surface area contributed by atoms with E-state index in [1.165, 1.54) is 0 Å². The normalized spacial score (nSPS) is 17.9. The van der Waals surface area contributed by atoms with Gasteiger partial charge in [-0.25, -0.2) is 0 Å². The zero-order valence-electron chi connectivity index (χ0n) is 7.66. The van der Waals surface area contributed by atoms with Crippen molar-refractivity contribution in [2.75, 3.05) is 0 Å². The number of rotatable bonds is 2. The predicted molar refractivity (Wildman–Crippen MR) is 60.4 cm³/mol. The molecule has 0 spiro atoms. The highest BCUT2D eigenvalue weighted by atomic mass is 127. The molecule has 0 aromatic heterocycles. The Hall–Kier alpha value is -0.130. The van der Waals surface area contributed by atoms with E-state index >= 15 is 0 Å². The van der Waals surface area contributed by atoms with Crippen LogP contribution in [0.5, 0.6) is 0 Å². The largest absolute Gasteiger partial charge is 0.390 e. The van der Waals surface area contributed by atoms with Crippen LogP contribution in [-0.2, 0) is 5.60 Å². The molecule has 3 heteroatoms. The minimum Gasteiger partial charge on any atom is -0.390 e. The first-order chi connectivity index (χ1) is 5.96. The minimum absolute atomic E-state index is 0.769. The molecule has 2 N–H and O–H groups in total. The SMILES string of the molecule is C[C@H](O)[C@](C)(O)c1ccccc1I. The second-order valence-corrected chi connectivity index (χ2v) is 4.47. The van der Waals surface area contributed by atoms with E-state index in [1.807, 2.05) is 24.3 Å². The van der Waals surface area contributed by atoms with Crippen LogP contribution in [0.4, 0.5) is 0 Å². The first kappa shape index (κ1) is 10.9. The smallest absolute Gasteiger partial charge is 0.113 e. The van der Waals surface area contributed by atoms with E-state index in [4.69, 9.17) is 0 Å². The van der Waals surface area contributed by atoms with Gasteiger partial charge in [0, 0.05) is 3.57 Å². The molecule has 0 radical (unpaired) electrons. The Morgan fingerprint density at radius 2 is 1.92 bits per heavy atom. The summed E-state index contributed by atoms with van der Waals surface area (Å²) < 4.78 is 0.964. The van der Waals surface area contributed by atoms with Crippen molar-refractivity contribution in [3.05, 3.63) is 33.4 Å². The van der Waals surface area contributed by atoms with Crippen LogP contribution in [0.15, 0.2) is 24.3 Å². The Morgan fingerprint density at radius 3 is 2.38 bits per heavy atom. The zero-order chi connectivity index (χ0) is 10.1.